The number of piperidine rings is 1. The lowest BCUT2D eigenvalue weighted by Crippen LogP contribution is -2.33. The van der Waals surface area contributed by atoms with E-state index in [1.54, 1.807) is 6.20 Å². The van der Waals surface area contributed by atoms with Gasteiger partial charge in [0.25, 0.3) is 0 Å². The van der Waals surface area contributed by atoms with Crippen LogP contribution >= 0.6 is 11.6 Å². The van der Waals surface area contributed by atoms with Crippen LogP contribution in [0.1, 0.15) is 54.9 Å². The Bertz CT molecular complexity index is 1410. The van der Waals surface area contributed by atoms with Crippen molar-refractivity contribution in [2.45, 2.75) is 51.5 Å². The van der Waals surface area contributed by atoms with Crippen molar-refractivity contribution in [3.8, 4) is 6.07 Å². The van der Waals surface area contributed by atoms with Crippen molar-refractivity contribution in [1.82, 2.24) is 14.9 Å². The van der Waals surface area contributed by atoms with Gasteiger partial charge >= 0.3 is 0 Å². The molecule has 5 rings (SSSR count). The van der Waals surface area contributed by atoms with Crippen molar-refractivity contribution in [3.05, 3.63) is 69.9 Å². The highest BCUT2D eigenvalue weighted by atomic mass is 35.5. The normalized spacial score (nSPS) is 17.0. The minimum atomic E-state index is -0.604. The molecule has 9 heteroatoms. The first-order valence-corrected chi connectivity index (χ1v) is 13.3. The summed E-state index contributed by atoms with van der Waals surface area (Å²) in [6, 6.07) is 14.6. The Morgan fingerprint density at radius 2 is 2.03 bits per heavy atom. The second-order valence-electron chi connectivity index (χ2n) is 10.6. The third kappa shape index (κ3) is 5.17. The van der Waals surface area contributed by atoms with E-state index in [4.69, 9.17) is 16.9 Å². The van der Waals surface area contributed by atoms with Gasteiger partial charge in [-0.1, -0.05) is 35.9 Å². The van der Waals surface area contributed by atoms with Crippen LogP contribution in [0.4, 0.5) is 23.1 Å². The lowest BCUT2D eigenvalue weighted by Gasteiger charge is -2.30. The maximum absolute atomic E-state index is 12.4. The van der Waals surface area contributed by atoms with Crippen molar-refractivity contribution in [2.75, 3.05) is 35.6 Å². The first-order chi connectivity index (χ1) is 18.3. The summed E-state index contributed by atoms with van der Waals surface area (Å²) in [5.74, 6) is 1.48. The Morgan fingerprint density at radius 3 is 2.76 bits per heavy atom. The molecule has 0 bridgehead atoms. The van der Waals surface area contributed by atoms with Crippen molar-refractivity contribution in [2.24, 2.45) is 0 Å². The standard InChI is InChI=1S/C29H32ClN7O/c1-18-15-20(19-9-12-37(13-10-19)14-11-31)7-8-23(18)35-28-33-17-22(30)26(36-28)32-16-21-5-4-6-24-25(21)29(2,3)27(38)34-24/h4-8,15,17,19H,9-10,12-14,16H2,1-3H3,(H,34,38)(H2,32,33,35,36). The average molecular weight is 530 g/mol. The molecule has 2 aromatic carbocycles. The maximum atomic E-state index is 12.4. The zero-order valence-corrected chi connectivity index (χ0v) is 22.7. The topological polar surface area (TPSA) is 106 Å². The van der Waals surface area contributed by atoms with E-state index in [9.17, 15) is 4.79 Å². The first-order valence-electron chi connectivity index (χ1n) is 12.9. The highest BCUT2D eigenvalue weighted by Crippen LogP contribution is 2.40. The Labute approximate surface area is 228 Å². The molecule has 8 nitrogen and oxygen atoms in total. The number of aryl methyl sites for hydroxylation is 1. The molecule has 38 heavy (non-hydrogen) atoms. The highest BCUT2D eigenvalue weighted by molar-refractivity contribution is 6.32. The smallest absolute Gasteiger partial charge is 0.234 e. The van der Waals surface area contributed by atoms with E-state index in [0.29, 0.717) is 35.8 Å². The van der Waals surface area contributed by atoms with Gasteiger partial charge in [0.2, 0.25) is 11.9 Å². The molecule has 0 atom stereocenters. The molecule has 1 fully saturated rings. The van der Waals surface area contributed by atoms with Gasteiger partial charge in [-0.15, -0.1) is 0 Å². The molecule has 0 radical (unpaired) electrons. The number of rotatable bonds is 7. The summed E-state index contributed by atoms with van der Waals surface area (Å²) in [5.41, 5.74) is 5.64. The van der Waals surface area contributed by atoms with Crippen LogP contribution in [0.5, 0.6) is 0 Å². The molecule has 2 aliphatic heterocycles. The largest absolute Gasteiger partial charge is 0.365 e. The van der Waals surface area contributed by atoms with Gasteiger partial charge in [-0.25, -0.2) is 4.98 Å². The number of carbonyl (C=O) groups is 1. The van der Waals surface area contributed by atoms with E-state index < -0.39 is 5.41 Å². The minimum absolute atomic E-state index is 0.00245. The molecule has 1 amide bonds. The second kappa shape index (κ2) is 10.6. The summed E-state index contributed by atoms with van der Waals surface area (Å²) in [7, 11) is 0. The van der Waals surface area contributed by atoms with Crippen LogP contribution in [0.3, 0.4) is 0 Å². The number of halogens is 1. The summed E-state index contributed by atoms with van der Waals surface area (Å²) in [5, 5.41) is 19.0. The summed E-state index contributed by atoms with van der Waals surface area (Å²) in [4.78, 5) is 23.7. The van der Waals surface area contributed by atoms with Crippen LogP contribution in [0.15, 0.2) is 42.6 Å². The van der Waals surface area contributed by atoms with Gasteiger partial charge in [0.05, 0.1) is 24.2 Å². The molecule has 0 spiro atoms. The molecular weight excluding hydrogens is 498 g/mol. The number of likely N-dealkylation sites (tertiary alicyclic amines) is 1. The lowest BCUT2D eigenvalue weighted by molar-refractivity contribution is -0.119. The summed E-state index contributed by atoms with van der Waals surface area (Å²) in [6.45, 7) is 8.85. The van der Waals surface area contributed by atoms with Gasteiger partial charge in [-0.3, -0.25) is 9.69 Å². The molecule has 3 aromatic rings. The van der Waals surface area contributed by atoms with Crippen LogP contribution in [0.25, 0.3) is 0 Å². The van der Waals surface area contributed by atoms with Crippen molar-refractivity contribution in [3.63, 3.8) is 0 Å². The Hall–Kier alpha value is -3.67. The van der Waals surface area contributed by atoms with E-state index >= 15 is 0 Å². The Morgan fingerprint density at radius 1 is 1.24 bits per heavy atom. The van der Waals surface area contributed by atoms with Gasteiger partial charge in [-0.2, -0.15) is 10.2 Å². The van der Waals surface area contributed by atoms with Crippen molar-refractivity contribution in [1.29, 1.82) is 5.26 Å². The van der Waals surface area contributed by atoms with E-state index in [2.05, 4.69) is 62.0 Å². The fraction of sp³-hybridized carbons (Fsp3) is 0.379. The molecule has 2 aliphatic rings. The third-order valence-electron chi connectivity index (χ3n) is 7.63. The monoisotopic (exact) mass is 529 g/mol. The first kappa shape index (κ1) is 26.0. The van der Waals surface area contributed by atoms with E-state index in [0.717, 1.165) is 54.0 Å². The molecule has 0 unspecified atom stereocenters. The van der Waals surface area contributed by atoms with Crippen LogP contribution in [0, 0.1) is 18.3 Å². The molecule has 0 saturated carbocycles. The van der Waals surface area contributed by atoms with E-state index in [-0.39, 0.29) is 5.91 Å². The number of fused-ring (bicyclic) bond motifs is 1. The summed E-state index contributed by atoms with van der Waals surface area (Å²) < 4.78 is 0. The van der Waals surface area contributed by atoms with Gasteiger partial charge in [0, 0.05) is 17.9 Å². The van der Waals surface area contributed by atoms with Crippen LogP contribution < -0.4 is 16.0 Å². The van der Waals surface area contributed by atoms with Crippen LogP contribution in [0.2, 0.25) is 5.02 Å². The highest BCUT2D eigenvalue weighted by Gasteiger charge is 2.39. The SMILES string of the molecule is Cc1cc(C2CCN(CC#N)CC2)ccc1Nc1ncc(Cl)c(NCc2cccc3c2C(C)(C)C(=O)N3)n1. The molecule has 3 N–H and O–H groups in total. The number of benzene rings is 2. The predicted molar refractivity (Wildman–Crippen MR) is 151 cm³/mol. The molecule has 1 saturated heterocycles. The number of hydrogen-bond acceptors (Lipinski definition) is 7. The molecule has 1 aromatic heterocycles. The Balaban J connectivity index is 1.27. The van der Waals surface area contributed by atoms with E-state index in [1.165, 1.54) is 5.56 Å². The van der Waals surface area contributed by atoms with Crippen molar-refractivity contribution >= 4 is 40.6 Å². The zero-order chi connectivity index (χ0) is 26.9. The lowest BCUT2D eigenvalue weighted by atomic mass is 9.83. The van der Waals surface area contributed by atoms with Gasteiger partial charge in [0.15, 0.2) is 5.82 Å². The fourth-order valence-corrected chi connectivity index (χ4v) is 5.60. The number of hydrogen-bond donors (Lipinski definition) is 3. The van der Waals surface area contributed by atoms with Gasteiger partial charge in [-0.05, 0) is 87.0 Å². The second-order valence-corrected chi connectivity index (χ2v) is 11.0. The number of carbonyl (C=O) groups excluding carboxylic acids is 1. The summed E-state index contributed by atoms with van der Waals surface area (Å²) in [6.07, 6.45) is 3.72. The van der Waals surface area contributed by atoms with Gasteiger partial charge in [0.1, 0.15) is 5.02 Å². The number of anilines is 4. The van der Waals surface area contributed by atoms with Crippen LogP contribution in [-0.2, 0) is 16.8 Å². The zero-order valence-electron chi connectivity index (χ0n) is 21.9. The summed E-state index contributed by atoms with van der Waals surface area (Å²) >= 11 is 6.43. The van der Waals surface area contributed by atoms with Crippen LogP contribution in [-0.4, -0.2) is 40.4 Å². The maximum Gasteiger partial charge on any atom is 0.234 e. The third-order valence-corrected chi connectivity index (χ3v) is 7.91. The fourth-order valence-electron chi connectivity index (χ4n) is 5.44. The average Bonchev–Trinajstić information content (AvgIpc) is 3.14. The quantitative estimate of drug-likeness (QED) is 0.336. The van der Waals surface area contributed by atoms with Crippen molar-refractivity contribution < 1.29 is 4.79 Å². The number of nitrogens with zero attached hydrogens (tertiary/aromatic N) is 4. The Kier molecular flexibility index (Phi) is 7.24. The molecule has 3 heterocycles. The number of aromatic nitrogens is 2. The number of nitriles is 1. The molecular formula is C29H32ClN7O. The van der Waals surface area contributed by atoms with Gasteiger partial charge < -0.3 is 16.0 Å². The predicted octanol–water partition coefficient (Wildman–Crippen LogP) is 5.73. The molecule has 196 valence electrons. The van der Waals surface area contributed by atoms with E-state index in [1.807, 2.05) is 32.0 Å². The molecule has 0 aliphatic carbocycles. The number of nitrogens with one attached hydrogen (secondary N) is 3. The minimum Gasteiger partial charge on any atom is -0.365 e. The number of amides is 1.